The SMILES string of the molecule is CC(C)(C)C(F)(CN)Cc1ccc(I)cc1. The van der Waals surface area contributed by atoms with Gasteiger partial charge in [-0.1, -0.05) is 32.9 Å². The zero-order valence-electron chi connectivity index (χ0n) is 10.1. The molecule has 16 heavy (non-hydrogen) atoms. The topological polar surface area (TPSA) is 26.0 Å². The molecule has 0 saturated heterocycles. The van der Waals surface area contributed by atoms with Crippen molar-refractivity contribution in [3.8, 4) is 0 Å². The third-order valence-corrected chi connectivity index (χ3v) is 3.78. The fourth-order valence-electron chi connectivity index (χ4n) is 1.57. The molecule has 1 rings (SSSR count). The Morgan fingerprint density at radius 1 is 1.19 bits per heavy atom. The molecule has 1 unspecified atom stereocenters. The van der Waals surface area contributed by atoms with E-state index in [1.807, 2.05) is 45.0 Å². The lowest BCUT2D eigenvalue weighted by Gasteiger charge is -2.37. The van der Waals surface area contributed by atoms with Crippen molar-refractivity contribution < 1.29 is 4.39 Å². The molecule has 1 aromatic carbocycles. The van der Waals surface area contributed by atoms with Gasteiger partial charge < -0.3 is 5.73 Å². The first-order valence-corrected chi connectivity index (χ1v) is 6.50. The number of benzene rings is 1. The van der Waals surface area contributed by atoms with E-state index < -0.39 is 11.1 Å². The van der Waals surface area contributed by atoms with Crippen LogP contribution in [0.15, 0.2) is 24.3 Å². The van der Waals surface area contributed by atoms with Crippen molar-refractivity contribution in [2.75, 3.05) is 6.54 Å². The molecular formula is C13H19FIN. The molecule has 2 N–H and O–H groups in total. The van der Waals surface area contributed by atoms with Crippen LogP contribution in [-0.4, -0.2) is 12.2 Å². The molecule has 0 fully saturated rings. The minimum absolute atomic E-state index is 0.0580. The van der Waals surface area contributed by atoms with Crippen LogP contribution in [0.3, 0.4) is 0 Å². The van der Waals surface area contributed by atoms with Gasteiger partial charge in [0.15, 0.2) is 0 Å². The van der Waals surface area contributed by atoms with Gasteiger partial charge in [-0.05, 0) is 45.7 Å². The lowest BCUT2D eigenvalue weighted by molar-refractivity contribution is 0.0382. The zero-order chi connectivity index (χ0) is 12.4. The Bertz CT molecular complexity index is 342. The Balaban J connectivity index is 2.89. The van der Waals surface area contributed by atoms with Crippen molar-refractivity contribution >= 4 is 22.6 Å². The van der Waals surface area contributed by atoms with Gasteiger partial charge in [0.2, 0.25) is 0 Å². The molecule has 0 spiro atoms. The first kappa shape index (κ1) is 13.9. The van der Waals surface area contributed by atoms with Crippen molar-refractivity contribution in [3.05, 3.63) is 33.4 Å². The predicted octanol–water partition coefficient (Wildman–Crippen LogP) is 3.55. The number of hydrogen-bond donors (Lipinski definition) is 1. The third kappa shape index (κ3) is 3.17. The number of nitrogens with two attached hydrogens (primary N) is 1. The molecular weight excluding hydrogens is 316 g/mol. The second-order valence-electron chi connectivity index (χ2n) is 5.22. The zero-order valence-corrected chi connectivity index (χ0v) is 12.2. The maximum atomic E-state index is 14.7. The van der Waals surface area contributed by atoms with Crippen molar-refractivity contribution in [2.45, 2.75) is 32.9 Å². The highest BCUT2D eigenvalue weighted by Gasteiger charge is 2.41. The Labute approximate surface area is 111 Å². The Morgan fingerprint density at radius 3 is 2.06 bits per heavy atom. The van der Waals surface area contributed by atoms with E-state index in [1.54, 1.807) is 0 Å². The largest absolute Gasteiger partial charge is 0.327 e. The van der Waals surface area contributed by atoms with Crippen LogP contribution in [0.25, 0.3) is 0 Å². The highest BCUT2D eigenvalue weighted by atomic mass is 127. The highest BCUT2D eigenvalue weighted by Crippen LogP contribution is 2.36. The van der Waals surface area contributed by atoms with E-state index in [4.69, 9.17) is 5.73 Å². The summed E-state index contributed by atoms with van der Waals surface area (Å²) in [7, 11) is 0. The second kappa shape index (κ2) is 5.00. The number of halogens is 2. The Hall–Kier alpha value is -0.160. The molecule has 0 aliphatic rings. The van der Waals surface area contributed by atoms with Gasteiger partial charge in [0, 0.05) is 16.5 Å². The third-order valence-electron chi connectivity index (χ3n) is 3.07. The van der Waals surface area contributed by atoms with Crippen LogP contribution in [0.2, 0.25) is 0 Å². The molecule has 90 valence electrons. The summed E-state index contributed by atoms with van der Waals surface area (Å²) in [6, 6.07) is 7.93. The summed E-state index contributed by atoms with van der Waals surface area (Å²) in [5, 5.41) is 0. The highest BCUT2D eigenvalue weighted by molar-refractivity contribution is 14.1. The average Bonchev–Trinajstić information content (AvgIpc) is 2.19. The molecule has 0 radical (unpaired) electrons. The van der Waals surface area contributed by atoms with Crippen LogP contribution in [0.4, 0.5) is 4.39 Å². The lowest BCUT2D eigenvalue weighted by Crippen LogP contribution is -2.47. The van der Waals surface area contributed by atoms with E-state index in [9.17, 15) is 4.39 Å². The van der Waals surface area contributed by atoms with Crippen LogP contribution < -0.4 is 5.73 Å². The molecule has 1 nitrogen and oxygen atoms in total. The van der Waals surface area contributed by atoms with E-state index in [0.717, 1.165) is 9.13 Å². The Kier molecular flexibility index (Phi) is 4.35. The van der Waals surface area contributed by atoms with Crippen LogP contribution >= 0.6 is 22.6 Å². The lowest BCUT2D eigenvalue weighted by atomic mass is 9.74. The van der Waals surface area contributed by atoms with Gasteiger partial charge in [-0.3, -0.25) is 0 Å². The standard InChI is InChI=1S/C13H19FIN/c1-12(2,3)13(14,9-16)8-10-4-6-11(15)7-5-10/h4-7H,8-9,16H2,1-3H3. The number of hydrogen-bond acceptors (Lipinski definition) is 1. The molecule has 0 amide bonds. The minimum atomic E-state index is -1.35. The van der Waals surface area contributed by atoms with E-state index in [0.29, 0.717) is 6.42 Å². The number of alkyl halides is 1. The van der Waals surface area contributed by atoms with E-state index in [1.165, 1.54) is 0 Å². The molecule has 0 heterocycles. The average molecular weight is 335 g/mol. The summed E-state index contributed by atoms with van der Waals surface area (Å²) in [5.41, 5.74) is 4.81. The fourth-order valence-corrected chi connectivity index (χ4v) is 1.93. The van der Waals surface area contributed by atoms with Crippen molar-refractivity contribution in [1.29, 1.82) is 0 Å². The van der Waals surface area contributed by atoms with E-state index in [2.05, 4.69) is 22.6 Å². The monoisotopic (exact) mass is 335 g/mol. The molecule has 0 aromatic heterocycles. The molecule has 0 bridgehead atoms. The van der Waals surface area contributed by atoms with Gasteiger partial charge in [0.25, 0.3) is 0 Å². The van der Waals surface area contributed by atoms with Gasteiger partial charge in [-0.2, -0.15) is 0 Å². The van der Waals surface area contributed by atoms with Gasteiger partial charge in [-0.25, -0.2) is 4.39 Å². The number of rotatable bonds is 3. The van der Waals surface area contributed by atoms with Crippen LogP contribution in [-0.2, 0) is 6.42 Å². The Morgan fingerprint density at radius 2 is 1.69 bits per heavy atom. The summed E-state index contributed by atoms with van der Waals surface area (Å²) in [4.78, 5) is 0. The first-order chi connectivity index (χ1) is 7.28. The van der Waals surface area contributed by atoms with Gasteiger partial charge in [0.05, 0.1) is 0 Å². The fraction of sp³-hybridized carbons (Fsp3) is 0.538. The van der Waals surface area contributed by atoms with Gasteiger partial charge in [0.1, 0.15) is 5.67 Å². The first-order valence-electron chi connectivity index (χ1n) is 5.42. The normalized spacial score (nSPS) is 15.9. The summed E-state index contributed by atoms with van der Waals surface area (Å²) in [5.74, 6) is 0. The second-order valence-corrected chi connectivity index (χ2v) is 6.47. The summed E-state index contributed by atoms with van der Waals surface area (Å²) >= 11 is 2.24. The predicted molar refractivity (Wildman–Crippen MR) is 75.2 cm³/mol. The molecule has 0 aliphatic heterocycles. The van der Waals surface area contributed by atoms with Crippen molar-refractivity contribution in [2.24, 2.45) is 11.1 Å². The maximum Gasteiger partial charge on any atom is 0.132 e. The summed E-state index contributed by atoms with van der Waals surface area (Å²) in [6.45, 7) is 5.74. The van der Waals surface area contributed by atoms with Gasteiger partial charge in [-0.15, -0.1) is 0 Å². The summed E-state index contributed by atoms with van der Waals surface area (Å²) < 4.78 is 15.8. The maximum absolute atomic E-state index is 14.7. The molecule has 1 aromatic rings. The minimum Gasteiger partial charge on any atom is -0.327 e. The van der Waals surface area contributed by atoms with Gasteiger partial charge >= 0.3 is 0 Å². The van der Waals surface area contributed by atoms with Crippen molar-refractivity contribution in [3.63, 3.8) is 0 Å². The summed E-state index contributed by atoms with van der Waals surface area (Å²) in [6.07, 6.45) is 0.379. The smallest absolute Gasteiger partial charge is 0.132 e. The van der Waals surface area contributed by atoms with E-state index >= 15 is 0 Å². The van der Waals surface area contributed by atoms with Crippen LogP contribution in [0, 0.1) is 8.99 Å². The van der Waals surface area contributed by atoms with Crippen LogP contribution in [0.1, 0.15) is 26.3 Å². The molecule has 3 heteroatoms. The molecule has 1 atom stereocenters. The quantitative estimate of drug-likeness (QED) is 0.840. The van der Waals surface area contributed by atoms with Crippen molar-refractivity contribution in [1.82, 2.24) is 0 Å². The molecule has 0 aliphatic carbocycles. The van der Waals surface area contributed by atoms with E-state index in [-0.39, 0.29) is 6.54 Å². The molecule has 0 saturated carbocycles. The van der Waals surface area contributed by atoms with Crippen LogP contribution in [0.5, 0.6) is 0 Å².